The lowest BCUT2D eigenvalue weighted by Crippen LogP contribution is -2.43. The third-order valence-corrected chi connectivity index (χ3v) is 3.55. The van der Waals surface area contributed by atoms with Crippen molar-refractivity contribution in [1.29, 1.82) is 0 Å². The van der Waals surface area contributed by atoms with Crippen molar-refractivity contribution in [3.63, 3.8) is 0 Å². The maximum Gasteiger partial charge on any atom is 0.226 e. The maximum absolute atomic E-state index is 12.0. The molecular weight excluding hydrogens is 240 g/mol. The first-order chi connectivity index (χ1) is 9.06. The second-order valence-corrected chi connectivity index (χ2v) is 5.23. The first-order valence-electron chi connectivity index (χ1n) is 6.75. The summed E-state index contributed by atoms with van der Waals surface area (Å²) in [6.07, 6.45) is 0.451. The van der Waals surface area contributed by atoms with Gasteiger partial charge in [-0.05, 0) is 43.5 Å². The van der Waals surface area contributed by atoms with Crippen LogP contribution in [-0.2, 0) is 9.53 Å². The van der Waals surface area contributed by atoms with Crippen LogP contribution >= 0.6 is 0 Å². The second kappa shape index (κ2) is 6.17. The van der Waals surface area contributed by atoms with E-state index in [1.165, 1.54) is 11.1 Å². The summed E-state index contributed by atoms with van der Waals surface area (Å²) in [7, 11) is 0. The van der Waals surface area contributed by atoms with Crippen LogP contribution in [0.1, 0.15) is 23.1 Å². The van der Waals surface area contributed by atoms with Gasteiger partial charge in [0.2, 0.25) is 5.91 Å². The largest absolute Gasteiger partial charge is 0.378 e. The topological polar surface area (TPSA) is 50.4 Å². The van der Waals surface area contributed by atoms with Gasteiger partial charge in [0.1, 0.15) is 0 Å². The monoisotopic (exact) mass is 262 g/mol. The second-order valence-electron chi connectivity index (χ2n) is 5.23. The normalized spacial score (nSPS) is 19.2. The van der Waals surface area contributed by atoms with Gasteiger partial charge in [-0.15, -0.1) is 0 Å². The molecule has 0 saturated carbocycles. The van der Waals surface area contributed by atoms with E-state index >= 15 is 0 Å². The SMILES string of the molecule is Cc1cc(C)c(NC(=O)CC2COCCN2)cc1C. The molecule has 19 heavy (non-hydrogen) atoms. The van der Waals surface area contributed by atoms with E-state index in [4.69, 9.17) is 4.74 Å². The fourth-order valence-corrected chi connectivity index (χ4v) is 2.27. The molecule has 1 aliphatic heterocycles. The summed E-state index contributed by atoms with van der Waals surface area (Å²) < 4.78 is 5.35. The van der Waals surface area contributed by atoms with Gasteiger partial charge in [-0.2, -0.15) is 0 Å². The highest BCUT2D eigenvalue weighted by atomic mass is 16.5. The molecule has 0 aliphatic carbocycles. The number of hydrogen-bond acceptors (Lipinski definition) is 3. The molecule has 1 fully saturated rings. The number of carbonyl (C=O) groups is 1. The highest BCUT2D eigenvalue weighted by Crippen LogP contribution is 2.20. The molecule has 1 atom stereocenters. The number of hydrogen-bond donors (Lipinski definition) is 2. The first kappa shape index (κ1) is 14.0. The zero-order valence-electron chi connectivity index (χ0n) is 11.9. The highest BCUT2D eigenvalue weighted by Gasteiger charge is 2.17. The number of morpholine rings is 1. The number of benzene rings is 1. The summed E-state index contributed by atoms with van der Waals surface area (Å²) >= 11 is 0. The number of ether oxygens (including phenoxy) is 1. The van der Waals surface area contributed by atoms with E-state index in [0.717, 1.165) is 24.4 Å². The summed E-state index contributed by atoms with van der Waals surface area (Å²) in [5.41, 5.74) is 4.45. The van der Waals surface area contributed by atoms with Crippen LogP contribution in [0.15, 0.2) is 12.1 Å². The molecule has 0 radical (unpaired) electrons. The Kier molecular flexibility index (Phi) is 4.56. The minimum atomic E-state index is 0.0364. The van der Waals surface area contributed by atoms with Crippen molar-refractivity contribution >= 4 is 11.6 Å². The highest BCUT2D eigenvalue weighted by molar-refractivity contribution is 5.92. The van der Waals surface area contributed by atoms with Gasteiger partial charge in [0, 0.05) is 24.7 Å². The number of anilines is 1. The standard InChI is InChI=1S/C15H22N2O2/c1-10-6-12(3)14(7-11(10)2)17-15(18)8-13-9-19-5-4-16-13/h6-7,13,16H,4-5,8-9H2,1-3H3,(H,17,18). The Morgan fingerprint density at radius 3 is 2.74 bits per heavy atom. The van der Waals surface area contributed by atoms with Gasteiger partial charge in [0.25, 0.3) is 0 Å². The maximum atomic E-state index is 12.0. The molecule has 2 rings (SSSR count). The lowest BCUT2D eigenvalue weighted by Gasteiger charge is -2.23. The van der Waals surface area contributed by atoms with Gasteiger partial charge in [0.15, 0.2) is 0 Å². The van der Waals surface area contributed by atoms with Crippen molar-refractivity contribution in [1.82, 2.24) is 5.32 Å². The molecule has 2 N–H and O–H groups in total. The first-order valence-corrected chi connectivity index (χ1v) is 6.75. The zero-order chi connectivity index (χ0) is 13.8. The fraction of sp³-hybridized carbons (Fsp3) is 0.533. The van der Waals surface area contributed by atoms with Gasteiger partial charge < -0.3 is 15.4 Å². The number of rotatable bonds is 3. The predicted octanol–water partition coefficient (Wildman–Crippen LogP) is 1.93. The Morgan fingerprint density at radius 2 is 2.05 bits per heavy atom. The van der Waals surface area contributed by atoms with E-state index in [2.05, 4.69) is 30.5 Å². The van der Waals surface area contributed by atoms with E-state index in [0.29, 0.717) is 13.0 Å². The average molecular weight is 262 g/mol. The number of carbonyl (C=O) groups excluding carboxylic acids is 1. The number of nitrogens with one attached hydrogen (secondary N) is 2. The predicted molar refractivity (Wildman–Crippen MR) is 76.5 cm³/mol. The molecule has 1 aromatic rings. The quantitative estimate of drug-likeness (QED) is 0.875. The van der Waals surface area contributed by atoms with E-state index in [-0.39, 0.29) is 11.9 Å². The molecule has 1 heterocycles. The molecule has 0 bridgehead atoms. The van der Waals surface area contributed by atoms with E-state index in [1.54, 1.807) is 0 Å². The third kappa shape index (κ3) is 3.78. The average Bonchev–Trinajstić information content (AvgIpc) is 2.37. The summed E-state index contributed by atoms with van der Waals surface area (Å²) in [4.78, 5) is 12.0. The summed E-state index contributed by atoms with van der Waals surface area (Å²) in [6, 6.07) is 4.26. The van der Waals surface area contributed by atoms with Gasteiger partial charge in [-0.3, -0.25) is 4.79 Å². The van der Waals surface area contributed by atoms with Crippen molar-refractivity contribution in [2.75, 3.05) is 25.1 Å². The molecule has 1 aromatic carbocycles. The molecule has 4 nitrogen and oxygen atoms in total. The Morgan fingerprint density at radius 1 is 1.32 bits per heavy atom. The smallest absolute Gasteiger partial charge is 0.226 e. The molecule has 4 heteroatoms. The van der Waals surface area contributed by atoms with Crippen LogP contribution in [0, 0.1) is 20.8 Å². The molecule has 1 unspecified atom stereocenters. The van der Waals surface area contributed by atoms with Crippen LogP contribution in [0.2, 0.25) is 0 Å². The van der Waals surface area contributed by atoms with Gasteiger partial charge in [-0.25, -0.2) is 0 Å². The lowest BCUT2D eigenvalue weighted by atomic mass is 10.0. The Bertz CT molecular complexity index is 465. The van der Waals surface area contributed by atoms with Crippen LogP contribution in [0.25, 0.3) is 0 Å². The zero-order valence-corrected chi connectivity index (χ0v) is 11.9. The molecule has 0 aromatic heterocycles. The van der Waals surface area contributed by atoms with Crippen LogP contribution in [-0.4, -0.2) is 31.7 Å². The fourth-order valence-electron chi connectivity index (χ4n) is 2.27. The van der Waals surface area contributed by atoms with Crippen LogP contribution in [0.5, 0.6) is 0 Å². The summed E-state index contributed by atoms with van der Waals surface area (Å²) in [5, 5.41) is 6.28. The van der Waals surface area contributed by atoms with Crippen molar-refractivity contribution < 1.29 is 9.53 Å². The van der Waals surface area contributed by atoms with Gasteiger partial charge in [0.05, 0.1) is 13.2 Å². The third-order valence-electron chi connectivity index (χ3n) is 3.55. The van der Waals surface area contributed by atoms with E-state index in [1.807, 2.05) is 13.0 Å². The Labute approximate surface area is 114 Å². The van der Waals surface area contributed by atoms with Gasteiger partial charge >= 0.3 is 0 Å². The van der Waals surface area contributed by atoms with Crippen LogP contribution < -0.4 is 10.6 Å². The number of aryl methyl sites for hydroxylation is 3. The van der Waals surface area contributed by atoms with Crippen molar-refractivity contribution in [2.24, 2.45) is 0 Å². The lowest BCUT2D eigenvalue weighted by molar-refractivity contribution is -0.117. The molecule has 1 amide bonds. The molecule has 0 spiro atoms. The van der Waals surface area contributed by atoms with Crippen molar-refractivity contribution in [2.45, 2.75) is 33.2 Å². The van der Waals surface area contributed by atoms with Crippen LogP contribution in [0.3, 0.4) is 0 Å². The van der Waals surface area contributed by atoms with E-state index in [9.17, 15) is 4.79 Å². The molecule has 1 saturated heterocycles. The van der Waals surface area contributed by atoms with Gasteiger partial charge in [-0.1, -0.05) is 6.07 Å². The molecule has 104 valence electrons. The van der Waals surface area contributed by atoms with E-state index < -0.39 is 0 Å². The Balaban J connectivity index is 1.96. The molecular formula is C15H22N2O2. The molecule has 1 aliphatic rings. The Hall–Kier alpha value is -1.39. The van der Waals surface area contributed by atoms with Crippen molar-refractivity contribution in [3.8, 4) is 0 Å². The van der Waals surface area contributed by atoms with Crippen LogP contribution in [0.4, 0.5) is 5.69 Å². The minimum Gasteiger partial charge on any atom is -0.378 e. The van der Waals surface area contributed by atoms with Crippen molar-refractivity contribution in [3.05, 3.63) is 28.8 Å². The summed E-state index contributed by atoms with van der Waals surface area (Å²) in [5.74, 6) is 0.0364. The number of amides is 1. The minimum absolute atomic E-state index is 0.0364. The summed E-state index contributed by atoms with van der Waals surface area (Å²) in [6.45, 7) is 8.32.